The van der Waals surface area contributed by atoms with Gasteiger partial charge in [-0.2, -0.15) is 0 Å². The number of nitrogens with one attached hydrogen (secondary N) is 2. The van der Waals surface area contributed by atoms with Gasteiger partial charge in [-0.05, 0) is 69.5 Å². The molecule has 57 heavy (non-hydrogen) atoms. The van der Waals surface area contributed by atoms with Gasteiger partial charge in [0.1, 0.15) is 11.5 Å². The molecule has 0 amide bonds. The second kappa shape index (κ2) is 17.6. The maximum Gasteiger partial charge on any atom is 0.341 e. The predicted octanol–water partition coefficient (Wildman–Crippen LogP) is 8.09. The summed E-state index contributed by atoms with van der Waals surface area (Å²) in [7, 11) is 3.28. The summed E-state index contributed by atoms with van der Waals surface area (Å²) in [5.41, 5.74) is 8.43. The van der Waals surface area contributed by atoms with Crippen LogP contribution in [0.5, 0.6) is 11.5 Å². The van der Waals surface area contributed by atoms with Gasteiger partial charge in [-0.25, -0.2) is 34.7 Å². The fourth-order valence-electron chi connectivity index (χ4n) is 6.12. The third-order valence-corrected chi connectivity index (χ3v) is 9.10. The van der Waals surface area contributed by atoms with Crippen LogP contribution in [0, 0.1) is 13.8 Å². The summed E-state index contributed by atoms with van der Waals surface area (Å²) >= 11 is 0. The number of esters is 1. The van der Waals surface area contributed by atoms with Crippen molar-refractivity contribution in [1.82, 2.24) is 39.0 Å². The molecule has 4 heterocycles. The molecule has 8 rings (SSSR count). The average molecular weight is 765 g/mol. The van der Waals surface area contributed by atoms with E-state index in [0.717, 1.165) is 51.1 Å². The van der Waals surface area contributed by atoms with E-state index in [4.69, 9.17) is 14.2 Å². The van der Waals surface area contributed by atoms with Crippen molar-refractivity contribution < 1.29 is 19.0 Å². The van der Waals surface area contributed by atoms with Crippen molar-refractivity contribution in [1.29, 1.82) is 0 Å². The molecule has 0 aliphatic heterocycles. The number of aryl methyl sites for hydroxylation is 2. The number of hydrogen-bond acceptors (Lipinski definition) is 12. The number of nitrogens with zero attached hydrogens (tertiary/aromatic N) is 8. The SMILES string of the molecule is CCOC(=O)c1cnc(Nc2ccc(-n3cnc(C)c3)c(OC)c2)nc1Cc1ccccc1.COc1cc(Nc2nccc(C3CC3)n2)ccc1-n1cnc(C)c1. The first-order valence-corrected chi connectivity index (χ1v) is 18.6. The average Bonchev–Trinajstić information content (AvgIpc) is 3.86. The topological polar surface area (TPSA) is 156 Å². The fourth-order valence-corrected chi connectivity index (χ4v) is 6.12. The minimum atomic E-state index is -0.434. The molecule has 0 atom stereocenters. The van der Waals surface area contributed by atoms with E-state index in [9.17, 15) is 4.79 Å². The van der Waals surface area contributed by atoms with Gasteiger partial charge in [-0.1, -0.05) is 30.3 Å². The Kier molecular flexibility index (Phi) is 11.8. The van der Waals surface area contributed by atoms with Crippen LogP contribution in [0.4, 0.5) is 23.3 Å². The second-order valence-electron chi connectivity index (χ2n) is 13.4. The van der Waals surface area contributed by atoms with E-state index in [1.54, 1.807) is 33.8 Å². The molecule has 290 valence electrons. The number of imidazole rings is 2. The molecular formula is C43H44N10O4. The van der Waals surface area contributed by atoms with E-state index in [2.05, 4.69) is 40.5 Å². The maximum absolute atomic E-state index is 12.4. The first-order chi connectivity index (χ1) is 27.8. The van der Waals surface area contributed by atoms with Gasteiger partial charge in [-0.3, -0.25) is 0 Å². The molecule has 1 saturated carbocycles. The Morgan fingerprint density at radius 3 is 1.88 bits per heavy atom. The Balaban J connectivity index is 0.000000183. The maximum atomic E-state index is 12.4. The highest BCUT2D eigenvalue weighted by molar-refractivity contribution is 5.90. The van der Waals surface area contributed by atoms with Crippen LogP contribution < -0.4 is 20.1 Å². The molecule has 4 aromatic heterocycles. The number of carbonyl (C=O) groups is 1. The van der Waals surface area contributed by atoms with E-state index in [-0.39, 0.29) is 6.61 Å². The predicted molar refractivity (Wildman–Crippen MR) is 218 cm³/mol. The molecule has 0 saturated heterocycles. The van der Waals surface area contributed by atoms with Crippen LogP contribution in [0.25, 0.3) is 11.4 Å². The number of rotatable bonds is 13. The molecule has 14 heteroatoms. The molecule has 1 aliphatic rings. The van der Waals surface area contributed by atoms with Gasteiger partial charge < -0.3 is 34.0 Å². The van der Waals surface area contributed by atoms with Gasteiger partial charge in [0, 0.05) is 66.3 Å². The summed E-state index contributed by atoms with van der Waals surface area (Å²) in [6.45, 7) is 5.95. The Labute approximate surface area is 331 Å². The molecule has 0 unspecified atom stereocenters. The van der Waals surface area contributed by atoms with Crippen LogP contribution in [-0.2, 0) is 11.2 Å². The Bertz CT molecular complexity index is 2460. The lowest BCUT2D eigenvalue weighted by Gasteiger charge is -2.13. The quantitative estimate of drug-likeness (QED) is 0.109. The zero-order chi connectivity index (χ0) is 39.7. The molecule has 3 aromatic carbocycles. The van der Waals surface area contributed by atoms with Crippen LogP contribution in [0.2, 0.25) is 0 Å². The molecule has 7 aromatic rings. The monoisotopic (exact) mass is 764 g/mol. The summed E-state index contributed by atoms with van der Waals surface area (Å²) in [6.07, 6.45) is 13.7. The third-order valence-electron chi connectivity index (χ3n) is 9.10. The number of anilines is 4. The van der Waals surface area contributed by atoms with Crippen LogP contribution >= 0.6 is 0 Å². The zero-order valence-corrected chi connectivity index (χ0v) is 32.5. The van der Waals surface area contributed by atoms with Gasteiger partial charge in [0.2, 0.25) is 11.9 Å². The van der Waals surface area contributed by atoms with Crippen molar-refractivity contribution in [2.45, 2.75) is 46.0 Å². The Hall–Kier alpha value is -7.09. The molecule has 0 radical (unpaired) electrons. The molecule has 1 fully saturated rings. The van der Waals surface area contributed by atoms with Gasteiger partial charge in [0.05, 0.1) is 67.5 Å². The molecule has 0 bridgehead atoms. The number of carbonyl (C=O) groups excluding carboxylic acids is 1. The van der Waals surface area contributed by atoms with Crippen molar-refractivity contribution >= 4 is 29.2 Å². The number of ether oxygens (including phenoxy) is 3. The molecular weight excluding hydrogens is 721 g/mol. The van der Waals surface area contributed by atoms with Gasteiger partial charge in [0.25, 0.3) is 0 Å². The van der Waals surface area contributed by atoms with E-state index >= 15 is 0 Å². The summed E-state index contributed by atoms with van der Waals surface area (Å²) in [6, 6.07) is 23.5. The fraction of sp³-hybridized carbons (Fsp3) is 0.233. The van der Waals surface area contributed by atoms with Crippen LogP contribution in [0.1, 0.15) is 64.4 Å². The largest absolute Gasteiger partial charge is 0.494 e. The second-order valence-corrected chi connectivity index (χ2v) is 13.4. The van der Waals surface area contributed by atoms with E-state index in [0.29, 0.717) is 41.2 Å². The van der Waals surface area contributed by atoms with Crippen LogP contribution in [0.15, 0.2) is 110 Å². The zero-order valence-electron chi connectivity index (χ0n) is 32.5. The number of methoxy groups -OCH3 is 2. The molecule has 0 spiro atoms. The Morgan fingerprint density at radius 2 is 1.35 bits per heavy atom. The summed E-state index contributed by atoms with van der Waals surface area (Å²) in [4.78, 5) is 38.8. The number of aromatic nitrogens is 8. The normalized spacial score (nSPS) is 11.9. The van der Waals surface area contributed by atoms with Crippen LogP contribution in [-0.4, -0.2) is 65.8 Å². The lowest BCUT2D eigenvalue weighted by atomic mass is 10.1. The van der Waals surface area contributed by atoms with Gasteiger partial charge >= 0.3 is 5.97 Å². The Morgan fingerprint density at radius 1 is 0.754 bits per heavy atom. The minimum absolute atomic E-state index is 0.284. The molecule has 14 nitrogen and oxygen atoms in total. The molecule has 1 aliphatic carbocycles. The number of hydrogen-bond donors (Lipinski definition) is 2. The van der Waals surface area contributed by atoms with E-state index in [1.165, 1.54) is 19.0 Å². The smallest absolute Gasteiger partial charge is 0.341 e. The highest BCUT2D eigenvalue weighted by Crippen LogP contribution is 2.39. The van der Waals surface area contributed by atoms with E-state index < -0.39 is 5.97 Å². The highest BCUT2D eigenvalue weighted by atomic mass is 16.5. The van der Waals surface area contributed by atoms with Crippen molar-refractivity contribution in [3.63, 3.8) is 0 Å². The van der Waals surface area contributed by atoms with E-state index in [1.807, 2.05) is 114 Å². The van der Waals surface area contributed by atoms with Gasteiger partial charge in [-0.15, -0.1) is 0 Å². The summed E-state index contributed by atoms with van der Waals surface area (Å²) in [5.74, 6) is 2.60. The molecule has 2 N–H and O–H groups in total. The highest BCUT2D eigenvalue weighted by Gasteiger charge is 2.25. The number of benzene rings is 3. The van der Waals surface area contributed by atoms with Crippen molar-refractivity contribution in [2.75, 3.05) is 31.5 Å². The van der Waals surface area contributed by atoms with Gasteiger partial charge in [0.15, 0.2) is 0 Å². The third kappa shape index (κ3) is 9.60. The first kappa shape index (κ1) is 38.2. The lowest BCUT2D eigenvalue weighted by molar-refractivity contribution is 0.0524. The minimum Gasteiger partial charge on any atom is -0.494 e. The van der Waals surface area contributed by atoms with Crippen molar-refractivity contribution in [3.8, 4) is 22.9 Å². The van der Waals surface area contributed by atoms with Crippen molar-refractivity contribution in [3.05, 3.63) is 144 Å². The first-order valence-electron chi connectivity index (χ1n) is 18.6. The van der Waals surface area contributed by atoms with Crippen LogP contribution in [0.3, 0.4) is 0 Å². The standard InChI is InChI=1S/C25H25N5O3.C18H19N5O/c1-4-33-24(31)20-14-26-25(29-21(20)12-18-8-6-5-7-9-18)28-19-10-11-22(23(13-19)32-3)30-15-17(2)27-16-30;1-12-10-23(11-20-12)16-6-5-14(9-17(16)24-2)21-18-19-8-7-15(22-18)13-3-4-13/h5-11,13-16H,4,12H2,1-3H3,(H,26,28,29);5-11,13H,3-4H2,1-2H3,(H,19,21,22). The lowest BCUT2D eigenvalue weighted by Crippen LogP contribution is -2.12. The summed E-state index contributed by atoms with van der Waals surface area (Å²) in [5, 5.41) is 6.47. The summed E-state index contributed by atoms with van der Waals surface area (Å²) < 4.78 is 20.1. The van der Waals surface area contributed by atoms with Crippen molar-refractivity contribution in [2.24, 2.45) is 0 Å².